The summed E-state index contributed by atoms with van der Waals surface area (Å²) >= 11 is 0. The highest BCUT2D eigenvalue weighted by molar-refractivity contribution is 6.41. The fourth-order valence-electron chi connectivity index (χ4n) is 6.43. The molecule has 0 bridgehead atoms. The molecule has 12 atom stereocenters. The van der Waals surface area contributed by atoms with E-state index in [9.17, 15) is 75.0 Å². The first-order valence-corrected chi connectivity index (χ1v) is 16.7. The number of aliphatic hydroxyl groups excluding tert-OH is 6. The number of carbonyl (C=O) groups excluding carboxylic acids is 1. The number of ether oxygens (including phenoxy) is 5. The van der Waals surface area contributed by atoms with Gasteiger partial charge in [0.15, 0.2) is 36.0 Å². The highest BCUT2D eigenvalue weighted by Gasteiger charge is 2.53. The van der Waals surface area contributed by atoms with Crippen LogP contribution in [0.4, 0.5) is 5.69 Å². The summed E-state index contributed by atoms with van der Waals surface area (Å²) < 4.78 is 27.5. The quantitative estimate of drug-likeness (QED) is 0.0632. The molecule has 11 N–H and O–H groups in total. The molecular formula is C33H38N2O21. The van der Waals surface area contributed by atoms with Crippen molar-refractivity contribution in [3.63, 3.8) is 0 Å². The number of benzene rings is 1. The SMILES string of the molecule is O=C(O)CC(=O)O[C@H]1[C@H](O)[C@@H](O)[C@H](O[C@H]2[C@H](Oc3cc4c(cc3O)N(/C=C/C3=CC(C(=O)O)=N[C@H](C(=O)O)C3)[C@H](C(=O)O)C4)O[C@H](CO)[C@@H](O)[C@@H]2O)O[C@@H]1CO. The van der Waals surface area contributed by atoms with Crippen molar-refractivity contribution >= 4 is 41.2 Å². The van der Waals surface area contributed by atoms with Gasteiger partial charge in [-0.25, -0.2) is 14.4 Å². The Hall–Kier alpha value is -5.24. The van der Waals surface area contributed by atoms with Gasteiger partial charge in [0.25, 0.3) is 0 Å². The third kappa shape index (κ3) is 8.90. The monoisotopic (exact) mass is 798 g/mol. The Balaban J connectivity index is 1.39. The van der Waals surface area contributed by atoms with Gasteiger partial charge in [0.1, 0.15) is 54.8 Å². The van der Waals surface area contributed by atoms with Crippen LogP contribution in [0.15, 0.2) is 41.1 Å². The number of aliphatic hydroxyl groups is 6. The number of hydrogen-bond donors (Lipinski definition) is 11. The molecule has 1 aromatic rings. The zero-order valence-corrected chi connectivity index (χ0v) is 28.7. The van der Waals surface area contributed by atoms with E-state index in [2.05, 4.69) is 4.99 Å². The molecule has 4 aliphatic rings. The van der Waals surface area contributed by atoms with Gasteiger partial charge >= 0.3 is 29.8 Å². The number of fused-ring (bicyclic) bond motifs is 1. The summed E-state index contributed by atoms with van der Waals surface area (Å²) in [6.07, 6.45) is -16.5. The summed E-state index contributed by atoms with van der Waals surface area (Å²) in [5.74, 6) is -8.11. The van der Waals surface area contributed by atoms with E-state index in [0.29, 0.717) is 0 Å². The molecule has 0 saturated carbocycles. The molecule has 4 aliphatic heterocycles. The molecule has 23 heteroatoms. The van der Waals surface area contributed by atoms with E-state index in [1.165, 1.54) is 23.2 Å². The number of rotatable bonds is 14. The third-order valence-electron chi connectivity index (χ3n) is 9.21. The summed E-state index contributed by atoms with van der Waals surface area (Å²) in [4.78, 5) is 63.1. The maximum absolute atomic E-state index is 12.3. The summed E-state index contributed by atoms with van der Waals surface area (Å²) in [6, 6.07) is -0.378. The number of aliphatic carboxylic acids is 4. The lowest BCUT2D eigenvalue weighted by Crippen LogP contribution is -2.65. The van der Waals surface area contributed by atoms with Gasteiger partial charge in [0.05, 0.1) is 13.2 Å². The smallest absolute Gasteiger partial charge is 0.354 e. The predicted molar refractivity (Wildman–Crippen MR) is 177 cm³/mol. The Morgan fingerprint density at radius 2 is 1.50 bits per heavy atom. The van der Waals surface area contributed by atoms with Crippen molar-refractivity contribution in [3.8, 4) is 11.5 Å². The number of allylic oxidation sites excluding steroid dienone is 1. The van der Waals surface area contributed by atoms with Crippen LogP contribution in [0.25, 0.3) is 0 Å². The van der Waals surface area contributed by atoms with Crippen LogP contribution >= 0.6 is 0 Å². The van der Waals surface area contributed by atoms with E-state index in [-0.39, 0.29) is 29.7 Å². The average molecular weight is 799 g/mol. The molecule has 4 heterocycles. The van der Waals surface area contributed by atoms with E-state index < -0.39 is 140 Å². The fraction of sp³-hybridized carbons (Fsp3) is 0.515. The molecule has 56 heavy (non-hydrogen) atoms. The van der Waals surface area contributed by atoms with Gasteiger partial charge < -0.3 is 84.8 Å². The maximum atomic E-state index is 12.3. The third-order valence-corrected chi connectivity index (χ3v) is 9.21. The molecular weight excluding hydrogens is 760 g/mol. The van der Waals surface area contributed by atoms with Crippen LogP contribution in [0.1, 0.15) is 18.4 Å². The number of anilines is 1. The molecule has 5 rings (SSSR count). The number of aliphatic imine (C=N–C) groups is 1. The van der Waals surface area contributed by atoms with Crippen molar-refractivity contribution < 1.29 is 104 Å². The minimum atomic E-state index is -2.11. The topological polar surface area (TPSA) is 370 Å². The number of nitrogens with zero attached hydrogens (tertiary/aromatic N) is 2. The average Bonchev–Trinajstić information content (AvgIpc) is 3.49. The molecule has 2 fully saturated rings. The summed E-state index contributed by atoms with van der Waals surface area (Å²) in [7, 11) is 0. The van der Waals surface area contributed by atoms with Crippen molar-refractivity contribution in [1.29, 1.82) is 0 Å². The molecule has 0 amide bonds. The minimum absolute atomic E-state index is 0.138. The normalized spacial score (nSPS) is 32.9. The summed E-state index contributed by atoms with van der Waals surface area (Å²) in [6.45, 7) is -1.83. The molecule has 23 nitrogen and oxygen atoms in total. The van der Waals surface area contributed by atoms with Crippen LogP contribution in [-0.4, -0.2) is 178 Å². The first-order valence-electron chi connectivity index (χ1n) is 16.7. The van der Waals surface area contributed by atoms with Crippen LogP contribution in [0, 0.1) is 0 Å². The van der Waals surface area contributed by atoms with Crippen molar-refractivity contribution in [2.75, 3.05) is 18.1 Å². The number of carboxylic acid groups (broad SMARTS) is 4. The number of hydrogen-bond acceptors (Lipinski definition) is 19. The molecule has 1 aromatic carbocycles. The molecule has 0 radical (unpaired) electrons. The van der Waals surface area contributed by atoms with Crippen LogP contribution in [0.3, 0.4) is 0 Å². The molecule has 2 saturated heterocycles. The van der Waals surface area contributed by atoms with E-state index in [4.69, 9.17) is 28.8 Å². The second-order valence-corrected chi connectivity index (χ2v) is 13.0. The Morgan fingerprint density at radius 1 is 0.839 bits per heavy atom. The zero-order valence-electron chi connectivity index (χ0n) is 28.7. The molecule has 306 valence electrons. The number of carbonyl (C=O) groups is 5. The van der Waals surface area contributed by atoms with Crippen LogP contribution < -0.4 is 9.64 Å². The second-order valence-electron chi connectivity index (χ2n) is 13.0. The fourth-order valence-corrected chi connectivity index (χ4v) is 6.43. The molecule has 0 aromatic heterocycles. The standard InChI is InChI=1S/C33H38N2O21/c36-9-19-23(42)24(43)28(56-32-26(45)25(44)27(20(10-37)54-32)55-22(41)8-21(39)40)33(53-19)52-18-6-12-5-16(31(50)51)35(15(12)7-17(18)38)2-1-11-3-13(29(46)47)34-14(4-11)30(48)49/h1-3,6-7,14,16,19-20,23-28,32-33,36-38,42-45H,4-5,8-10H2,(H,39,40)(H,46,47)(H,48,49)(H,50,51)/b2-1+/t14-,16-,19+,20+,23+,24-,25+,26+,27+,28+,32-,33+/m0/s1. The van der Waals surface area contributed by atoms with Crippen molar-refractivity contribution in [3.05, 3.63) is 41.6 Å². The Morgan fingerprint density at radius 3 is 2.11 bits per heavy atom. The maximum Gasteiger partial charge on any atom is 0.354 e. The molecule has 0 aliphatic carbocycles. The van der Waals surface area contributed by atoms with Crippen molar-refractivity contribution in [2.24, 2.45) is 4.99 Å². The molecule has 0 unspecified atom stereocenters. The Kier molecular flexibility index (Phi) is 12.9. The van der Waals surface area contributed by atoms with E-state index in [1.54, 1.807) is 0 Å². The van der Waals surface area contributed by atoms with Crippen LogP contribution in [-0.2, 0) is 49.3 Å². The summed E-state index contributed by atoms with van der Waals surface area (Å²) in [5, 5.41) is 112. The van der Waals surface area contributed by atoms with Gasteiger partial charge in [-0.15, -0.1) is 0 Å². The van der Waals surface area contributed by atoms with Gasteiger partial charge in [-0.1, -0.05) is 0 Å². The van der Waals surface area contributed by atoms with Gasteiger partial charge in [-0.2, -0.15) is 0 Å². The number of esters is 1. The van der Waals surface area contributed by atoms with Crippen LogP contribution in [0.2, 0.25) is 0 Å². The Bertz CT molecular complexity index is 1790. The zero-order chi connectivity index (χ0) is 41.2. The number of dihydropyridines is 1. The lowest BCUT2D eigenvalue weighted by atomic mass is 9.97. The largest absolute Gasteiger partial charge is 0.504 e. The van der Waals surface area contributed by atoms with Crippen molar-refractivity contribution in [2.45, 2.75) is 92.8 Å². The second kappa shape index (κ2) is 17.3. The lowest BCUT2D eigenvalue weighted by molar-refractivity contribution is -0.358. The van der Waals surface area contributed by atoms with Gasteiger partial charge in [0, 0.05) is 30.8 Å². The number of carboxylic acids is 4. The first-order chi connectivity index (χ1) is 26.4. The highest BCUT2D eigenvalue weighted by atomic mass is 16.8. The number of phenols is 1. The van der Waals surface area contributed by atoms with E-state index >= 15 is 0 Å². The lowest BCUT2D eigenvalue weighted by Gasteiger charge is -2.46. The number of aromatic hydroxyl groups is 1. The Labute approximate surface area is 314 Å². The van der Waals surface area contributed by atoms with Gasteiger partial charge in [0.2, 0.25) is 6.29 Å². The van der Waals surface area contributed by atoms with Crippen LogP contribution in [0.5, 0.6) is 11.5 Å². The van der Waals surface area contributed by atoms with Gasteiger partial charge in [-0.05, 0) is 29.4 Å². The number of phenolic OH excluding ortho intramolecular Hbond substituents is 1. The highest BCUT2D eigenvalue weighted by Crippen LogP contribution is 2.42. The van der Waals surface area contributed by atoms with E-state index in [0.717, 1.165) is 12.1 Å². The van der Waals surface area contributed by atoms with Crippen molar-refractivity contribution in [1.82, 2.24) is 0 Å². The van der Waals surface area contributed by atoms with E-state index in [1.807, 2.05) is 0 Å². The first kappa shape index (κ1) is 41.9. The van der Waals surface area contributed by atoms with Gasteiger partial charge in [-0.3, -0.25) is 14.6 Å². The molecule has 0 spiro atoms. The predicted octanol–water partition coefficient (Wildman–Crippen LogP) is -3.94. The summed E-state index contributed by atoms with van der Waals surface area (Å²) in [5.41, 5.74) is 0.0778. The minimum Gasteiger partial charge on any atom is -0.504 e.